The summed E-state index contributed by atoms with van der Waals surface area (Å²) in [5.41, 5.74) is 1.72. The molecular weight excluding hydrogens is 317 g/mol. The number of anilines is 1. The third-order valence-electron chi connectivity index (χ3n) is 4.22. The number of halogens is 2. The lowest BCUT2D eigenvalue weighted by Crippen LogP contribution is -2.18. The van der Waals surface area contributed by atoms with Crippen LogP contribution < -0.4 is 5.32 Å². The molecule has 0 amide bonds. The quantitative estimate of drug-likeness (QED) is 0.735. The normalized spacial score (nSPS) is 14.9. The molecule has 1 aromatic carbocycles. The fraction of sp³-hybridized carbons (Fsp3) is 0.312. The highest BCUT2D eigenvalue weighted by Gasteiger charge is 2.23. The second-order valence-electron chi connectivity index (χ2n) is 5.73. The molecule has 0 atom stereocenters. The van der Waals surface area contributed by atoms with E-state index in [0.717, 1.165) is 29.4 Å². The topological polar surface area (TPSA) is 55.6 Å². The van der Waals surface area contributed by atoms with E-state index in [1.54, 1.807) is 18.3 Å². The zero-order valence-corrected chi connectivity index (χ0v) is 13.1. The van der Waals surface area contributed by atoms with Crippen LogP contribution in [0.4, 0.5) is 10.2 Å². The molecule has 1 aliphatic carbocycles. The van der Waals surface area contributed by atoms with Gasteiger partial charge in [-0.05, 0) is 48.6 Å². The summed E-state index contributed by atoms with van der Waals surface area (Å²) in [5, 5.41) is 8.74. The van der Waals surface area contributed by atoms with E-state index in [2.05, 4.69) is 20.4 Å². The van der Waals surface area contributed by atoms with Crippen molar-refractivity contribution in [2.45, 2.75) is 31.8 Å². The van der Waals surface area contributed by atoms with Gasteiger partial charge in [0.05, 0.1) is 17.6 Å². The first-order chi connectivity index (χ1) is 11.2. The number of rotatable bonds is 4. The Morgan fingerprint density at radius 2 is 2.00 bits per heavy atom. The van der Waals surface area contributed by atoms with E-state index in [-0.39, 0.29) is 11.1 Å². The molecule has 7 heteroatoms. The maximum Gasteiger partial charge on any atom is 0.226 e. The predicted molar refractivity (Wildman–Crippen MR) is 86.9 cm³/mol. The van der Waals surface area contributed by atoms with E-state index in [0.29, 0.717) is 18.4 Å². The van der Waals surface area contributed by atoms with Crippen LogP contribution in [0, 0.1) is 5.82 Å². The average molecular weight is 332 g/mol. The predicted octanol–water partition coefficient (Wildman–Crippen LogP) is 3.96. The molecule has 0 unspecified atom stereocenters. The van der Waals surface area contributed by atoms with E-state index in [1.165, 1.54) is 18.6 Å². The fourth-order valence-electron chi connectivity index (χ4n) is 2.72. The summed E-state index contributed by atoms with van der Waals surface area (Å²) >= 11 is 6.07. The Bertz CT molecular complexity index is 842. The molecule has 0 bridgehead atoms. The molecule has 2 heterocycles. The molecule has 0 saturated heterocycles. The maximum atomic E-state index is 13.0. The van der Waals surface area contributed by atoms with Crippen LogP contribution in [0.15, 0.2) is 30.5 Å². The number of hydrogen-bond donors (Lipinski definition) is 1. The lowest BCUT2D eigenvalue weighted by Gasteiger charge is -2.25. The molecule has 23 heavy (non-hydrogen) atoms. The van der Waals surface area contributed by atoms with Crippen LogP contribution in [-0.2, 0) is 6.54 Å². The van der Waals surface area contributed by atoms with Crippen molar-refractivity contribution in [1.29, 1.82) is 0 Å². The summed E-state index contributed by atoms with van der Waals surface area (Å²) in [5.74, 6) is 0.401. The highest BCUT2D eigenvalue weighted by atomic mass is 35.5. The molecule has 0 spiro atoms. The van der Waals surface area contributed by atoms with Crippen molar-refractivity contribution >= 4 is 28.5 Å². The molecule has 1 saturated carbocycles. The lowest BCUT2D eigenvalue weighted by molar-refractivity contribution is 0.296. The Morgan fingerprint density at radius 1 is 1.22 bits per heavy atom. The van der Waals surface area contributed by atoms with Gasteiger partial charge in [0.25, 0.3) is 0 Å². The highest BCUT2D eigenvalue weighted by molar-refractivity contribution is 6.28. The van der Waals surface area contributed by atoms with Crippen LogP contribution in [-0.4, -0.2) is 19.7 Å². The van der Waals surface area contributed by atoms with Gasteiger partial charge in [-0.25, -0.2) is 9.07 Å². The van der Waals surface area contributed by atoms with Gasteiger partial charge in [0.2, 0.25) is 5.28 Å². The SMILES string of the molecule is Fc1ccc(CNc2nc(Cl)nc3c2cnn3C2CCC2)cc1. The van der Waals surface area contributed by atoms with Crippen molar-refractivity contribution in [2.75, 3.05) is 5.32 Å². The van der Waals surface area contributed by atoms with E-state index in [9.17, 15) is 4.39 Å². The molecule has 0 aliphatic heterocycles. The van der Waals surface area contributed by atoms with Gasteiger partial charge in [0, 0.05) is 6.54 Å². The van der Waals surface area contributed by atoms with Crippen LogP contribution in [0.1, 0.15) is 30.9 Å². The summed E-state index contributed by atoms with van der Waals surface area (Å²) in [4.78, 5) is 8.60. The minimum atomic E-state index is -0.247. The Hall–Kier alpha value is -2.21. The molecule has 1 fully saturated rings. The summed E-state index contributed by atoms with van der Waals surface area (Å²) in [6.07, 6.45) is 5.24. The summed E-state index contributed by atoms with van der Waals surface area (Å²) in [6, 6.07) is 6.76. The van der Waals surface area contributed by atoms with Crippen LogP contribution >= 0.6 is 11.6 Å². The maximum absolute atomic E-state index is 13.0. The first-order valence-corrected chi connectivity index (χ1v) is 7.97. The first kappa shape index (κ1) is 14.4. The monoisotopic (exact) mass is 331 g/mol. The number of nitrogens with zero attached hydrogens (tertiary/aromatic N) is 4. The first-order valence-electron chi connectivity index (χ1n) is 7.60. The highest BCUT2D eigenvalue weighted by Crippen LogP contribution is 2.34. The Balaban J connectivity index is 1.63. The molecule has 0 radical (unpaired) electrons. The summed E-state index contributed by atoms with van der Waals surface area (Å²) < 4.78 is 14.9. The van der Waals surface area contributed by atoms with Gasteiger partial charge in [0.15, 0.2) is 5.65 Å². The largest absolute Gasteiger partial charge is 0.365 e. The van der Waals surface area contributed by atoms with E-state index >= 15 is 0 Å². The number of aromatic nitrogens is 4. The van der Waals surface area contributed by atoms with Crippen molar-refractivity contribution in [3.8, 4) is 0 Å². The minimum absolute atomic E-state index is 0.195. The van der Waals surface area contributed by atoms with Crippen LogP contribution in [0.2, 0.25) is 5.28 Å². The molecule has 118 valence electrons. The molecule has 1 aliphatic rings. The second kappa shape index (κ2) is 5.77. The zero-order valence-electron chi connectivity index (χ0n) is 12.3. The Labute approximate surface area is 137 Å². The molecule has 4 rings (SSSR count). The summed E-state index contributed by atoms with van der Waals surface area (Å²) in [6.45, 7) is 0.525. The molecular formula is C16H15ClFN5. The smallest absolute Gasteiger partial charge is 0.226 e. The van der Waals surface area contributed by atoms with Crippen molar-refractivity contribution in [3.05, 3.63) is 47.1 Å². The van der Waals surface area contributed by atoms with Gasteiger partial charge in [0.1, 0.15) is 11.6 Å². The zero-order chi connectivity index (χ0) is 15.8. The van der Waals surface area contributed by atoms with Crippen molar-refractivity contribution in [2.24, 2.45) is 0 Å². The van der Waals surface area contributed by atoms with Crippen molar-refractivity contribution < 1.29 is 4.39 Å². The number of nitrogens with one attached hydrogen (secondary N) is 1. The van der Waals surface area contributed by atoms with Crippen molar-refractivity contribution in [1.82, 2.24) is 19.7 Å². The lowest BCUT2D eigenvalue weighted by atomic mass is 9.93. The minimum Gasteiger partial charge on any atom is -0.365 e. The van der Waals surface area contributed by atoms with Gasteiger partial charge in [-0.2, -0.15) is 15.1 Å². The van der Waals surface area contributed by atoms with Gasteiger partial charge in [-0.3, -0.25) is 0 Å². The Kier molecular flexibility index (Phi) is 3.61. The third kappa shape index (κ3) is 2.74. The van der Waals surface area contributed by atoms with E-state index < -0.39 is 0 Å². The number of fused-ring (bicyclic) bond motifs is 1. The standard InChI is InChI=1S/C16H15ClFN5/c17-16-21-14(19-8-10-4-6-11(18)7-5-10)13-9-20-23(15(13)22-16)12-2-1-3-12/h4-7,9,12H,1-3,8H2,(H,19,21,22). The fourth-order valence-corrected chi connectivity index (χ4v) is 2.88. The Morgan fingerprint density at radius 3 is 2.70 bits per heavy atom. The van der Waals surface area contributed by atoms with Crippen LogP contribution in [0.25, 0.3) is 11.0 Å². The van der Waals surface area contributed by atoms with Gasteiger partial charge in [-0.15, -0.1) is 0 Å². The third-order valence-corrected chi connectivity index (χ3v) is 4.39. The number of hydrogen-bond acceptors (Lipinski definition) is 4. The van der Waals surface area contributed by atoms with Gasteiger partial charge >= 0.3 is 0 Å². The van der Waals surface area contributed by atoms with Crippen molar-refractivity contribution in [3.63, 3.8) is 0 Å². The van der Waals surface area contributed by atoms with Gasteiger partial charge in [-0.1, -0.05) is 12.1 Å². The number of benzene rings is 1. The molecule has 3 aromatic rings. The summed E-state index contributed by atoms with van der Waals surface area (Å²) in [7, 11) is 0. The average Bonchev–Trinajstić information content (AvgIpc) is 2.88. The molecule has 5 nitrogen and oxygen atoms in total. The van der Waals surface area contributed by atoms with E-state index in [4.69, 9.17) is 11.6 Å². The van der Waals surface area contributed by atoms with Crippen LogP contribution in [0.3, 0.4) is 0 Å². The second-order valence-corrected chi connectivity index (χ2v) is 6.07. The molecule has 1 N–H and O–H groups in total. The van der Waals surface area contributed by atoms with Crippen LogP contribution in [0.5, 0.6) is 0 Å². The van der Waals surface area contributed by atoms with E-state index in [1.807, 2.05) is 4.68 Å². The van der Waals surface area contributed by atoms with Gasteiger partial charge < -0.3 is 5.32 Å². The molecule has 2 aromatic heterocycles.